The molecule has 1 aliphatic heterocycles. The highest BCUT2D eigenvalue weighted by molar-refractivity contribution is 5.94. The van der Waals surface area contributed by atoms with Gasteiger partial charge in [0.25, 0.3) is 5.91 Å². The van der Waals surface area contributed by atoms with Crippen LogP contribution < -0.4 is 0 Å². The van der Waals surface area contributed by atoms with Crippen LogP contribution in [0.3, 0.4) is 0 Å². The largest absolute Gasteiger partial charge is 0.416 e. The maximum absolute atomic E-state index is 13.2. The topological polar surface area (TPSA) is 32.8 Å². The van der Waals surface area contributed by atoms with Crippen molar-refractivity contribution in [2.24, 2.45) is 0 Å². The van der Waals surface area contributed by atoms with Crippen LogP contribution in [0.15, 0.2) is 48.5 Å². The van der Waals surface area contributed by atoms with Crippen LogP contribution in [0.4, 0.5) is 13.2 Å². The SMILES string of the molecule is CC1CN(Cc2ccc(C(=O)N(Cc3ccc(C(F)(F)F)cc3)C3CC3)cc2)CC(C)O1. The number of rotatable bonds is 6. The van der Waals surface area contributed by atoms with E-state index in [1.807, 2.05) is 24.3 Å². The Morgan fingerprint density at radius 3 is 2.06 bits per heavy atom. The molecule has 172 valence electrons. The van der Waals surface area contributed by atoms with E-state index in [1.165, 1.54) is 12.1 Å². The van der Waals surface area contributed by atoms with Gasteiger partial charge in [-0.15, -0.1) is 0 Å². The number of carbonyl (C=O) groups is 1. The first-order valence-electron chi connectivity index (χ1n) is 11.1. The molecule has 0 bridgehead atoms. The molecule has 1 heterocycles. The zero-order valence-corrected chi connectivity index (χ0v) is 18.4. The minimum Gasteiger partial charge on any atom is -0.373 e. The van der Waals surface area contributed by atoms with Gasteiger partial charge in [-0.05, 0) is 62.1 Å². The second kappa shape index (κ2) is 9.24. The number of hydrogen-bond acceptors (Lipinski definition) is 3. The molecule has 0 radical (unpaired) electrons. The van der Waals surface area contributed by atoms with E-state index in [-0.39, 0.29) is 24.2 Å². The lowest BCUT2D eigenvalue weighted by atomic mass is 10.1. The number of benzene rings is 2. The summed E-state index contributed by atoms with van der Waals surface area (Å²) < 4.78 is 44.2. The van der Waals surface area contributed by atoms with Crippen molar-refractivity contribution < 1.29 is 22.7 Å². The third-order valence-electron chi connectivity index (χ3n) is 5.98. The Labute approximate surface area is 187 Å². The molecule has 0 N–H and O–H groups in total. The molecule has 2 atom stereocenters. The van der Waals surface area contributed by atoms with Gasteiger partial charge in [-0.2, -0.15) is 13.2 Å². The average molecular weight is 447 g/mol. The molecule has 32 heavy (non-hydrogen) atoms. The van der Waals surface area contributed by atoms with E-state index in [0.717, 1.165) is 50.2 Å². The second-order valence-corrected chi connectivity index (χ2v) is 9.01. The highest BCUT2D eigenvalue weighted by Crippen LogP contribution is 2.32. The number of hydrogen-bond donors (Lipinski definition) is 0. The fraction of sp³-hybridized carbons (Fsp3) is 0.480. The average Bonchev–Trinajstić information content (AvgIpc) is 3.56. The third kappa shape index (κ3) is 5.70. The first-order valence-corrected chi connectivity index (χ1v) is 11.1. The number of alkyl halides is 3. The van der Waals surface area contributed by atoms with E-state index in [1.54, 1.807) is 4.90 Å². The maximum atomic E-state index is 13.2. The Kier molecular flexibility index (Phi) is 6.58. The lowest BCUT2D eigenvalue weighted by Gasteiger charge is -2.35. The Morgan fingerprint density at radius 2 is 1.53 bits per heavy atom. The minimum absolute atomic E-state index is 0.0763. The number of halogens is 3. The monoisotopic (exact) mass is 446 g/mol. The summed E-state index contributed by atoms with van der Waals surface area (Å²) in [7, 11) is 0. The lowest BCUT2D eigenvalue weighted by molar-refractivity contribution is -0.137. The van der Waals surface area contributed by atoms with E-state index in [9.17, 15) is 18.0 Å². The van der Waals surface area contributed by atoms with Crippen LogP contribution in [0.25, 0.3) is 0 Å². The lowest BCUT2D eigenvalue weighted by Crippen LogP contribution is -2.44. The minimum atomic E-state index is -4.36. The summed E-state index contributed by atoms with van der Waals surface area (Å²) in [6, 6.07) is 12.9. The molecule has 1 aliphatic carbocycles. The van der Waals surface area contributed by atoms with Crippen molar-refractivity contribution in [3.8, 4) is 0 Å². The Hall–Kier alpha value is -2.38. The number of ether oxygens (including phenoxy) is 1. The van der Waals surface area contributed by atoms with E-state index in [2.05, 4.69) is 18.7 Å². The quantitative estimate of drug-likeness (QED) is 0.618. The van der Waals surface area contributed by atoms with Crippen LogP contribution in [0, 0.1) is 0 Å². The number of carbonyl (C=O) groups excluding carboxylic acids is 1. The van der Waals surface area contributed by atoms with Gasteiger partial charge in [0.1, 0.15) is 0 Å². The van der Waals surface area contributed by atoms with E-state index < -0.39 is 11.7 Å². The molecular formula is C25H29F3N2O2. The van der Waals surface area contributed by atoms with Gasteiger partial charge in [-0.1, -0.05) is 24.3 Å². The molecule has 0 spiro atoms. The normalized spacial score (nSPS) is 22.0. The predicted molar refractivity (Wildman–Crippen MR) is 116 cm³/mol. The molecule has 2 aromatic rings. The van der Waals surface area contributed by atoms with Crippen LogP contribution in [-0.4, -0.2) is 47.0 Å². The van der Waals surface area contributed by atoms with Gasteiger partial charge in [-0.25, -0.2) is 0 Å². The molecule has 7 heteroatoms. The van der Waals surface area contributed by atoms with Crippen molar-refractivity contribution in [2.45, 2.75) is 64.2 Å². The molecule has 2 aromatic carbocycles. The van der Waals surface area contributed by atoms with Crippen molar-refractivity contribution in [2.75, 3.05) is 13.1 Å². The number of morpholine rings is 1. The standard InChI is InChI=1S/C25H29F3N2O2/c1-17-13-29(14-18(2)32-17)15-19-3-7-21(8-4-19)24(31)30(23-11-12-23)16-20-5-9-22(10-6-20)25(26,27)28/h3-10,17-18,23H,11-16H2,1-2H3. The molecule has 1 saturated heterocycles. The highest BCUT2D eigenvalue weighted by Gasteiger charge is 2.34. The van der Waals surface area contributed by atoms with E-state index >= 15 is 0 Å². The first kappa shape index (κ1) is 22.8. The summed E-state index contributed by atoms with van der Waals surface area (Å²) in [6.07, 6.45) is -2.09. The highest BCUT2D eigenvalue weighted by atomic mass is 19.4. The molecule has 2 fully saturated rings. The summed E-state index contributed by atoms with van der Waals surface area (Å²) in [4.78, 5) is 17.3. The van der Waals surface area contributed by atoms with Gasteiger partial charge in [0.2, 0.25) is 0 Å². The third-order valence-corrected chi connectivity index (χ3v) is 5.98. The van der Waals surface area contributed by atoms with Gasteiger partial charge in [0.05, 0.1) is 17.8 Å². The Balaban J connectivity index is 1.41. The molecule has 2 unspecified atom stereocenters. The van der Waals surface area contributed by atoms with Gasteiger partial charge < -0.3 is 9.64 Å². The van der Waals surface area contributed by atoms with Crippen molar-refractivity contribution in [1.82, 2.24) is 9.80 Å². The van der Waals surface area contributed by atoms with Crippen LogP contribution in [0.1, 0.15) is 53.7 Å². The molecule has 1 saturated carbocycles. The Morgan fingerprint density at radius 1 is 0.969 bits per heavy atom. The van der Waals surface area contributed by atoms with Crippen molar-refractivity contribution in [1.29, 1.82) is 0 Å². The van der Waals surface area contributed by atoms with Crippen LogP contribution in [0.5, 0.6) is 0 Å². The zero-order valence-electron chi connectivity index (χ0n) is 18.4. The van der Waals surface area contributed by atoms with Crippen LogP contribution in [0.2, 0.25) is 0 Å². The molecule has 4 rings (SSSR count). The van der Waals surface area contributed by atoms with Crippen molar-refractivity contribution in [3.63, 3.8) is 0 Å². The summed E-state index contributed by atoms with van der Waals surface area (Å²) in [5.41, 5.74) is 1.77. The van der Waals surface area contributed by atoms with Gasteiger partial charge in [0, 0.05) is 37.8 Å². The fourth-order valence-corrected chi connectivity index (χ4v) is 4.34. The molecule has 1 amide bonds. The van der Waals surface area contributed by atoms with Gasteiger partial charge in [0.15, 0.2) is 0 Å². The molecular weight excluding hydrogens is 417 g/mol. The molecule has 4 nitrogen and oxygen atoms in total. The Bertz CT molecular complexity index is 914. The van der Waals surface area contributed by atoms with E-state index in [4.69, 9.17) is 4.74 Å². The fourth-order valence-electron chi connectivity index (χ4n) is 4.34. The zero-order chi connectivity index (χ0) is 22.9. The van der Waals surface area contributed by atoms with Crippen molar-refractivity contribution in [3.05, 3.63) is 70.8 Å². The predicted octanol–water partition coefficient (Wildman–Crippen LogP) is 5.12. The first-order chi connectivity index (χ1) is 15.2. The van der Waals surface area contributed by atoms with Gasteiger partial charge >= 0.3 is 6.18 Å². The summed E-state index contributed by atoms with van der Waals surface area (Å²) in [6.45, 7) is 7.04. The molecule has 2 aliphatic rings. The smallest absolute Gasteiger partial charge is 0.373 e. The van der Waals surface area contributed by atoms with E-state index in [0.29, 0.717) is 17.7 Å². The number of nitrogens with zero attached hydrogens (tertiary/aromatic N) is 2. The summed E-state index contributed by atoms with van der Waals surface area (Å²) in [5, 5.41) is 0. The number of amides is 1. The molecule has 0 aromatic heterocycles. The van der Waals surface area contributed by atoms with Gasteiger partial charge in [-0.3, -0.25) is 9.69 Å². The summed E-state index contributed by atoms with van der Waals surface area (Å²) >= 11 is 0. The van der Waals surface area contributed by atoms with Crippen LogP contribution >= 0.6 is 0 Å². The van der Waals surface area contributed by atoms with Crippen LogP contribution in [-0.2, 0) is 24.0 Å². The maximum Gasteiger partial charge on any atom is 0.416 e. The second-order valence-electron chi connectivity index (χ2n) is 9.01. The van der Waals surface area contributed by atoms with Crippen molar-refractivity contribution >= 4 is 5.91 Å². The summed E-state index contributed by atoms with van der Waals surface area (Å²) in [5.74, 6) is -0.0763.